The van der Waals surface area contributed by atoms with Gasteiger partial charge in [0.05, 0.1) is 7.11 Å². The summed E-state index contributed by atoms with van der Waals surface area (Å²) >= 11 is 5.99. The zero-order chi connectivity index (χ0) is 13.0. The number of aliphatic hydroxyl groups excluding tert-OH is 1. The molecule has 1 aromatic rings. The van der Waals surface area contributed by atoms with Crippen molar-refractivity contribution in [3.63, 3.8) is 0 Å². The van der Waals surface area contributed by atoms with Gasteiger partial charge >= 0.3 is 5.97 Å². The maximum atomic E-state index is 10.5. The lowest BCUT2D eigenvalue weighted by atomic mass is 10.0. The summed E-state index contributed by atoms with van der Waals surface area (Å²) in [6.07, 6.45) is -0.832. The molecule has 0 radical (unpaired) electrons. The fourth-order valence-electron chi connectivity index (χ4n) is 1.50. The summed E-state index contributed by atoms with van der Waals surface area (Å²) in [4.78, 5) is 10.5. The molecule has 5 heteroatoms. The first kappa shape index (κ1) is 13.8. The van der Waals surface area contributed by atoms with Crippen LogP contribution in [0.3, 0.4) is 0 Å². The van der Waals surface area contributed by atoms with Gasteiger partial charge in [-0.25, -0.2) is 4.79 Å². The van der Waals surface area contributed by atoms with E-state index in [2.05, 4.69) is 0 Å². The molecule has 0 spiro atoms. The largest absolute Gasteiger partial charge is 0.496 e. The minimum Gasteiger partial charge on any atom is -0.496 e. The number of aliphatic carboxylic acids is 1. The molecule has 94 valence electrons. The van der Waals surface area contributed by atoms with Gasteiger partial charge < -0.3 is 14.9 Å². The van der Waals surface area contributed by atoms with Gasteiger partial charge in [-0.3, -0.25) is 0 Å². The molecule has 0 saturated heterocycles. The molecule has 0 aliphatic heterocycles. The summed E-state index contributed by atoms with van der Waals surface area (Å²) in [6, 6.07) is 3.54. The first-order valence-electron chi connectivity index (χ1n) is 5.19. The monoisotopic (exact) mass is 258 g/mol. The Kier molecular flexibility index (Phi) is 4.78. The van der Waals surface area contributed by atoms with E-state index in [1.807, 2.05) is 6.92 Å². The van der Waals surface area contributed by atoms with Crippen molar-refractivity contribution in [2.75, 3.05) is 7.11 Å². The third kappa shape index (κ3) is 3.61. The van der Waals surface area contributed by atoms with Gasteiger partial charge in [-0.1, -0.05) is 11.6 Å². The van der Waals surface area contributed by atoms with Gasteiger partial charge in [0.15, 0.2) is 6.10 Å². The predicted molar refractivity (Wildman–Crippen MR) is 64.7 cm³/mol. The summed E-state index contributed by atoms with van der Waals surface area (Å²) in [5, 5.41) is 18.4. The SMILES string of the molecule is COc1cc(C)c(Cl)cc1CCC(O)C(=O)O. The van der Waals surface area contributed by atoms with E-state index in [1.165, 1.54) is 0 Å². The number of methoxy groups -OCH3 is 1. The van der Waals surface area contributed by atoms with Crippen molar-refractivity contribution in [1.29, 1.82) is 0 Å². The highest BCUT2D eigenvalue weighted by atomic mass is 35.5. The van der Waals surface area contributed by atoms with Gasteiger partial charge in [0.2, 0.25) is 0 Å². The number of hydrogen-bond donors (Lipinski definition) is 2. The molecule has 0 saturated carbocycles. The molecule has 0 bridgehead atoms. The van der Waals surface area contributed by atoms with Crippen LogP contribution in [0.1, 0.15) is 17.5 Å². The van der Waals surface area contributed by atoms with Crippen LogP contribution in [-0.2, 0) is 11.2 Å². The number of benzene rings is 1. The van der Waals surface area contributed by atoms with Crippen LogP contribution in [0, 0.1) is 6.92 Å². The highest BCUT2D eigenvalue weighted by Crippen LogP contribution is 2.27. The Labute approximate surface area is 105 Å². The number of ether oxygens (including phenoxy) is 1. The fraction of sp³-hybridized carbons (Fsp3) is 0.417. The average Bonchev–Trinajstić information content (AvgIpc) is 2.29. The van der Waals surface area contributed by atoms with E-state index in [0.29, 0.717) is 17.2 Å². The molecule has 0 aliphatic rings. The first-order chi connectivity index (χ1) is 7.95. The zero-order valence-corrected chi connectivity index (χ0v) is 10.5. The number of aliphatic hydroxyl groups is 1. The van der Waals surface area contributed by atoms with Crippen LogP contribution in [0.2, 0.25) is 5.02 Å². The lowest BCUT2D eigenvalue weighted by Gasteiger charge is -2.12. The van der Waals surface area contributed by atoms with Gasteiger partial charge in [0, 0.05) is 5.02 Å². The molecule has 17 heavy (non-hydrogen) atoms. The minimum absolute atomic E-state index is 0.130. The van der Waals surface area contributed by atoms with Crippen molar-refractivity contribution < 1.29 is 19.7 Å². The summed E-state index contributed by atoms with van der Waals surface area (Å²) in [5.74, 6) is -0.563. The predicted octanol–water partition coefficient (Wildman–Crippen LogP) is 2.04. The second kappa shape index (κ2) is 5.89. The number of aryl methyl sites for hydroxylation is 2. The molecular formula is C12H15ClO4. The van der Waals surface area contributed by atoms with Crippen LogP contribution in [0.15, 0.2) is 12.1 Å². The van der Waals surface area contributed by atoms with Crippen LogP contribution in [0.25, 0.3) is 0 Å². The molecule has 0 aromatic heterocycles. The number of carboxylic acids is 1. The van der Waals surface area contributed by atoms with E-state index in [0.717, 1.165) is 11.1 Å². The molecule has 0 aliphatic carbocycles. The lowest BCUT2D eigenvalue weighted by Crippen LogP contribution is -2.20. The molecular weight excluding hydrogens is 244 g/mol. The molecule has 0 fully saturated rings. The number of carbonyl (C=O) groups is 1. The van der Waals surface area contributed by atoms with Gasteiger partial charge in [0.1, 0.15) is 5.75 Å². The van der Waals surface area contributed by atoms with Crippen molar-refractivity contribution in [2.24, 2.45) is 0 Å². The van der Waals surface area contributed by atoms with Crippen molar-refractivity contribution in [3.8, 4) is 5.75 Å². The quantitative estimate of drug-likeness (QED) is 0.848. The van der Waals surface area contributed by atoms with Crippen LogP contribution in [0.5, 0.6) is 5.75 Å². The van der Waals surface area contributed by atoms with Crippen LogP contribution in [-0.4, -0.2) is 29.4 Å². The molecule has 0 heterocycles. The molecule has 1 unspecified atom stereocenters. The van der Waals surface area contributed by atoms with Gasteiger partial charge in [0.25, 0.3) is 0 Å². The van der Waals surface area contributed by atoms with E-state index < -0.39 is 12.1 Å². The van der Waals surface area contributed by atoms with Crippen molar-refractivity contribution in [3.05, 3.63) is 28.3 Å². The number of carboxylic acid groups (broad SMARTS) is 1. The molecule has 1 rings (SSSR count). The van der Waals surface area contributed by atoms with Crippen LogP contribution < -0.4 is 4.74 Å². The molecule has 4 nitrogen and oxygen atoms in total. The summed E-state index contributed by atoms with van der Waals surface area (Å²) in [7, 11) is 1.54. The molecule has 1 aromatic carbocycles. The van der Waals surface area contributed by atoms with Gasteiger partial charge in [-0.15, -0.1) is 0 Å². The maximum Gasteiger partial charge on any atom is 0.332 e. The Morgan fingerprint density at radius 2 is 2.18 bits per heavy atom. The fourth-order valence-corrected chi connectivity index (χ4v) is 1.68. The topological polar surface area (TPSA) is 66.8 Å². The van der Waals surface area contributed by atoms with Crippen LogP contribution in [0.4, 0.5) is 0 Å². The smallest absolute Gasteiger partial charge is 0.332 e. The average molecular weight is 259 g/mol. The summed E-state index contributed by atoms with van der Waals surface area (Å²) in [6.45, 7) is 1.86. The normalized spacial score (nSPS) is 12.2. The summed E-state index contributed by atoms with van der Waals surface area (Å²) in [5.41, 5.74) is 1.69. The van der Waals surface area contributed by atoms with E-state index in [1.54, 1.807) is 19.2 Å². The molecule has 2 N–H and O–H groups in total. The highest BCUT2D eigenvalue weighted by Gasteiger charge is 2.15. The van der Waals surface area contributed by atoms with Gasteiger partial charge in [-0.2, -0.15) is 0 Å². The van der Waals surface area contributed by atoms with E-state index in [9.17, 15) is 9.90 Å². The Bertz CT molecular complexity index is 417. The maximum absolute atomic E-state index is 10.5. The highest BCUT2D eigenvalue weighted by molar-refractivity contribution is 6.31. The van der Waals surface area contributed by atoms with Crippen molar-refractivity contribution in [1.82, 2.24) is 0 Å². The number of hydrogen-bond acceptors (Lipinski definition) is 3. The zero-order valence-electron chi connectivity index (χ0n) is 9.74. The number of rotatable bonds is 5. The van der Waals surface area contributed by atoms with Crippen molar-refractivity contribution >= 4 is 17.6 Å². The van der Waals surface area contributed by atoms with Crippen LogP contribution >= 0.6 is 11.6 Å². The Balaban J connectivity index is 2.83. The standard InChI is InChI=1S/C12H15ClO4/c1-7-5-11(17-2)8(6-9(7)13)3-4-10(14)12(15)16/h5-6,10,14H,3-4H2,1-2H3,(H,15,16). The second-order valence-corrected chi connectivity index (χ2v) is 4.21. The minimum atomic E-state index is -1.36. The van der Waals surface area contributed by atoms with E-state index in [4.69, 9.17) is 21.4 Å². The Morgan fingerprint density at radius 3 is 2.71 bits per heavy atom. The van der Waals surface area contributed by atoms with E-state index in [-0.39, 0.29) is 6.42 Å². The van der Waals surface area contributed by atoms with Gasteiger partial charge in [-0.05, 0) is 43.0 Å². The summed E-state index contributed by atoms with van der Waals surface area (Å²) < 4.78 is 5.19. The Hall–Kier alpha value is -1.26. The Morgan fingerprint density at radius 1 is 1.53 bits per heavy atom. The third-order valence-electron chi connectivity index (χ3n) is 2.53. The first-order valence-corrected chi connectivity index (χ1v) is 5.57. The molecule has 1 atom stereocenters. The third-order valence-corrected chi connectivity index (χ3v) is 2.94. The number of halogens is 1. The lowest BCUT2D eigenvalue weighted by molar-refractivity contribution is -0.146. The molecule has 0 amide bonds. The second-order valence-electron chi connectivity index (χ2n) is 3.81. The van der Waals surface area contributed by atoms with E-state index >= 15 is 0 Å². The van der Waals surface area contributed by atoms with Crippen molar-refractivity contribution in [2.45, 2.75) is 25.9 Å².